The topological polar surface area (TPSA) is 37.3 Å². The summed E-state index contributed by atoms with van der Waals surface area (Å²) in [6.45, 7) is 2.49. The Morgan fingerprint density at radius 1 is 0.812 bits per heavy atom. The molecule has 0 aliphatic heterocycles. The molecule has 0 amide bonds. The van der Waals surface area contributed by atoms with Crippen LogP contribution in [0.5, 0.6) is 0 Å². The van der Waals surface area contributed by atoms with Crippen LogP contribution in [0.2, 0.25) is 0 Å². The molecular formula is C14H28O2. The minimum atomic E-state index is 0.283. The minimum absolute atomic E-state index is 0.283. The van der Waals surface area contributed by atoms with Crippen LogP contribution < -0.4 is 0 Å². The lowest BCUT2D eigenvalue weighted by atomic mass is 10.0. The van der Waals surface area contributed by atoms with Gasteiger partial charge in [-0.25, -0.2) is 0 Å². The number of carbonyl (C=O) groups excluding carboxylic acids is 1. The van der Waals surface area contributed by atoms with Crippen LogP contribution in [-0.4, -0.2) is 17.5 Å². The van der Waals surface area contributed by atoms with Crippen LogP contribution in [0.25, 0.3) is 0 Å². The zero-order chi connectivity index (χ0) is 12.1. The van der Waals surface area contributed by atoms with E-state index in [1.165, 1.54) is 25.7 Å². The Hall–Kier alpha value is -0.370. The average Bonchev–Trinajstić information content (AvgIpc) is 2.28. The number of unbranched alkanes of at least 4 members (excludes halogenated alkanes) is 7. The molecule has 0 unspecified atom stereocenters. The first-order chi connectivity index (χ1) is 7.81. The largest absolute Gasteiger partial charge is 0.396 e. The van der Waals surface area contributed by atoms with Crippen molar-refractivity contribution in [2.75, 3.05) is 6.61 Å². The van der Waals surface area contributed by atoms with Gasteiger partial charge in [-0.15, -0.1) is 0 Å². The van der Waals surface area contributed by atoms with Crippen molar-refractivity contribution in [3.63, 3.8) is 0 Å². The third-order valence-electron chi connectivity index (χ3n) is 2.92. The Balaban J connectivity index is 3.12. The van der Waals surface area contributed by atoms with Crippen LogP contribution in [0.1, 0.15) is 77.6 Å². The van der Waals surface area contributed by atoms with Crippen molar-refractivity contribution in [2.45, 2.75) is 77.6 Å². The predicted molar refractivity (Wildman–Crippen MR) is 68.6 cm³/mol. The standard InChI is InChI=1S/C14H28O2/c1-2-3-4-5-8-11-14(16)12-9-6-7-10-13-15/h15H,2-13H2,1H3. The van der Waals surface area contributed by atoms with Gasteiger partial charge in [-0.3, -0.25) is 4.79 Å². The summed E-state index contributed by atoms with van der Waals surface area (Å²) in [6.07, 6.45) is 11.7. The van der Waals surface area contributed by atoms with Gasteiger partial charge in [0.05, 0.1) is 0 Å². The molecule has 96 valence electrons. The van der Waals surface area contributed by atoms with E-state index >= 15 is 0 Å². The quantitative estimate of drug-likeness (QED) is 0.515. The Bertz CT molecular complexity index is 139. The van der Waals surface area contributed by atoms with Crippen LogP contribution in [0.3, 0.4) is 0 Å². The second-order valence-electron chi connectivity index (χ2n) is 4.59. The molecule has 0 saturated carbocycles. The van der Waals surface area contributed by atoms with Gasteiger partial charge in [-0.05, 0) is 19.3 Å². The van der Waals surface area contributed by atoms with E-state index < -0.39 is 0 Å². The van der Waals surface area contributed by atoms with Gasteiger partial charge < -0.3 is 5.11 Å². The van der Waals surface area contributed by atoms with Crippen LogP contribution in [0.4, 0.5) is 0 Å². The Labute approximate surface area is 100 Å². The van der Waals surface area contributed by atoms with Gasteiger partial charge in [-0.2, -0.15) is 0 Å². The zero-order valence-corrected chi connectivity index (χ0v) is 10.8. The third-order valence-corrected chi connectivity index (χ3v) is 2.92. The first-order valence-corrected chi connectivity index (χ1v) is 6.93. The van der Waals surface area contributed by atoms with Crippen LogP contribution in [-0.2, 0) is 4.79 Å². The van der Waals surface area contributed by atoms with Gasteiger partial charge in [-0.1, -0.05) is 45.4 Å². The monoisotopic (exact) mass is 228 g/mol. The zero-order valence-electron chi connectivity index (χ0n) is 10.8. The number of rotatable bonds is 12. The fourth-order valence-electron chi connectivity index (χ4n) is 1.84. The molecule has 0 aromatic heterocycles. The van der Waals surface area contributed by atoms with Crippen molar-refractivity contribution >= 4 is 5.78 Å². The lowest BCUT2D eigenvalue weighted by Crippen LogP contribution is -1.97. The molecule has 16 heavy (non-hydrogen) atoms. The van der Waals surface area contributed by atoms with E-state index in [1.54, 1.807) is 0 Å². The molecule has 0 spiro atoms. The predicted octanol–water partition coefficient (Wildman–Crippen LogP) is 3.86. The lowest BCUT2D eigenvalue weighted by Gasteiger charge is -2.01. The normalized spacial score (nSPS) is 10.6. The Morgan fingerprint density at radius 3 is 1.81 bits per heavy atom. The lowest BCUT2D eigenvalue weighted by molar-refractivity contribution is -0.119. The van der Waals surface area contributed by atoms with E-state index in [4.69, 9.17) is 5.11 Å². The summed E-state index contributed by atoms with van der Waals surface area (Å²) in [4.78, 5) is 11.5. The van der Waals surface area contributed by atoms with Crippen molar-refractivity contribution in [2.24, 2.45) is 0 Å². The maximum absolute atomic E-state index is 11.5. The Kier molecular flexibility index (Phi) is 12.4. The number of hydrogen-bond donors (Lipinski definition) is 1. The van der Waals surface area contributed by atoms with Crippen molar-refractivity contribution in [1.82, 2.24) is 0 Å². The summed E-state index contributed by atoms with van der Waals surface area (Å²) in [5.41, 5.74) is 0. The summed E-state index contributed by atoms with van der Waals surface area (Å²) in [6, 6.07) is 0. The highest BCUT2D eigenvalue weighted by Gasteiger charge is 2.01. The third kappa shape index (κ3) is 11.7. The molecule has 0 bridgehead atoms. The first-order valence-electron chi connectivity index (χ1n) is 6.93. The highest BCUT2D eigenvalue weighted by atomic mass is 16.2. The van der Waals surface area contributed by atoms with Crippen molar-refractivity contribution in [3.8, 4) is 0 Å². The molecular weight excluding hydrogens is 200 g/mol. The number of ketones is 1. The molecule has 0 aromatic rings. The number of aliphatic hydroxyl groups is 1. The van der Waals surface area contributed by atoms with Crippen molar-refractivity contribution < 1.29 is 9.90 Å². The maximum Gasteiger partial charge on any atom is 0.132 e. The van der Waals surface area contributed by atoms with Crippen molar-refractivity contribution in [1.29, 1.82) is 0 Å². The molecule has 0 radical (unpaired) electrons. The summed E-state index contributed by atoms with van der Waals surface area (Å²) >= 11 is 0. The molecule has 2 heteroatoms. The van der Waals surface area contributed by atoms with Gasteiger partial charge in [0.15, 0.2) is 0 Å². The number of hydrogen-bond acceptors (Lipinski definition) is 2. The summed E-state index contributed by atoms with van der Waals surface area (Å²) in [5, 5.41) is 8.59. The second-order valence-corrected chi connectivity index (χ2v) is 4.59. The van der Waals surface area contributed by atoms with E-state index in [9.17, 15) is 4.79 Å². The molecule has 0 fully saturated rings. The van der Waals surface area contributed by atoms with Crippen LogP contribution in [0.15, 0.2) is 0 Å². The van der Waals surface area contributed by atoms with E-state index in [0.29, 0.717) is 5.78 Å². The molecule has 0 atom stereocenters. The molecule has 1 N–H and O–H groups in total. The molecule has 0 saturated heterocycles. The van der Waals surface area contributed by atoms with E-state index in [1.807, 2.05) is 0 Å². The SMILES string of the molecule is CCCCCCCC(=O)CCCCCCO. The number of Topliss-reactive ketones (excluding diaryl/α,β-unsaturated/α-hetero) is 1. The van der Waals surface area contributed by atoms with Gasteiger partial charge in [0.2, 0.25) is 0 Å². The molecule has 0 rings (SSSR count). The molecule has 0 aliphatic carbocycles. The fourth-order valence-corrected chi connectivity index (χ4v) is 1.84. The number of carbonyl (C=O) groups is 1. The molecule has 0 heterocycles. The van der Waals surface area contributed by atoms with Crippen LogP contribution >= 0.6 is 0 Å². The van der Waals surface area contributed by atoms with Crippen LogP contribution in [0, 0.1) is 0 Å². The first kappa shape index (κ1) is 15.6. The van der Waals surface area contributed by atoms with E-state index in [-0.39, 0.29) is 6.61 Å². The summed E-state index contributed by atoms with van der Waals surface area (Å²) in [5.74, 6) is 0.431. The van der Waals surface area contributed by atoms with Gasteiger partial charge in [0, 0.05) is 19.4 Å². The second kappa shape index (κ2) is 12.7. The van der Waals surface area contributed by atoms with Gasteiger partial charge in [0.25, 0.3) is 0 Å². The van der Waals surface area contributed by atoms with Gasteiger partial charge >= 0.3 is 0 Å². The molecule has 2 nitrogen and oxygen atoms in total. The van der Waals surface area contributed by atoms with E-state index in [2.05, 4.69) is 6.92 Å². The minimum Gasteiger partial charge on any atom is -0.396 e. The molecule has 0 aromatic carbocycles. The van der Waals surface area contributed by atoms with Gasteiger partial charge in [0.1, 0.15) is 5.78 Å². The van der Waals surface area contributed by atoms with Crippen molar-refractivity contribution in [3.05, 3.63) is 0 Å². The maximum atomic E-state index is 11.5. The smallest absolute Gasteiger partial charge is 0.132 e. The molecule has 0 aliphatic rings. The summed E-state index contributed by atoms with van der Waals surface area (Å²) < 4.78 is 0. The summed E-state index contributed by atoms with van der Waals surface area (Å²) in [7, 11) is 0. The highest BCUT2D eigenvalue weighted by molar-refractivity contribution is 5.78. The highest BCUT2D eigenvalue weighted by Crippen LogP contribution is 2.09. The number of aliphatic hydroxyl groups excluding tert-OH is 1. The Morgan fingerprint density at radius 2 is 1.31 bits per heavy atom. The average molecular weight is 228 g/mol. The van der Waals surface area contributed by atoms with E-state index in [0.717, 1.165) is 44.9 Å². The fraction of sp³-hybridized carbons (Fsp3) is 0.929.